The number of hydrogen-bond acceptors (Lipinski definition) is 2. The molecule has 0 rings (SSSR count). The maximum absolute atomic E-state index is 13.8. The lowest BCUT2D eigenvalue weighted by Crippen LogP contribution is -2.71. The van der Waals surface area contributed by atoms with Crippen molar-refractivity contribution < 1.29 is 61.9 Å². The fraction of sp³-hybridized carbons (Fsp3) is 0.824. The molecule has 0 unspecified atom stereocenters. The third-order valence-electron chi connectivity index (χ3n) is 3.88. The molecule has 190 valence electrons. The van der Waals surface area contributed by atoms with Crippen molar-refractivity contribution in [2.45, 2.75) is 63.5 Å². The Hall–Kier alpha value is -1.70. The molecule has 0 aromatic carbocycles. The van der Waals surface area contributed by atoms with E-state index in [1.807, 2.05) is 0 Å². The van der Waals surface area contributed by atoms with Gasteiger partial charge in [-0.1, -0.05) is 27.7 Å². The second-order valence-electron chi connectivity index (χ2n) is 7.79. The molecule has 32 heavy (non-hydrogen) atoms. The zero-order chi connectivity index (χ0) is 26.1. The fourth-order valence-corrected chi connectivity index (χ4v) is 2.34. The Morgan fingerprint density at radius 3 is 1.31 bits per heavy atom. The Morgan fingerprint density at radius 1 is 0.656 bits per heavy atom. The summed E-state index contributed by atoms with van der Waals surface area (Å²) in [5.41, 5.74) is 0. The first-order chi connectivity index (χ1) is 13.9. The molecular formula is C17H20F13NO. The first-order valence-corrected chi connectivity index (χ1v) is 8.80. The standard InChI is InChI=1S/C17H20F13NO/c1-9(2)7-31(8-10(3)4)6-5-11(32)12(18,19)13(20,21)14(22,23)15(24,25)16(26,27)17(28,29)30/h5-6,9-10H,7-8H2,1-4H3/b6-5+. The molecule has 0 aromatic rings. The molecule has 15 heteroatoms. The van der Waals surface area contributed by atoms with Gasteiger partial charge in [0.25, 0.3) is 0 Å². The lowest BCUT2D eigenvalue weighted by atomic mass is 9.92. The van der Waals surface area contributed by atoms with Crippen molar-refractivity contribution in [3.63, 3.8) is 0 Å². The summed E-state index contributed by atoms with van der Waals surface area (Å²) in [5.74, 6) is -41.8. The topological polar surface area (TPSA) is 20.3 Å². The molecule has 0 spiro atoms. The van der Waals surface area contributed by atoms with Crippen LogP contribution in [0.4, 0.5) is 57.1 Å². The molecule has 0 heterocycles. The zero-order valence-corrected chi connectivity index (χ0v) is 17.0. The van der Waals surface area contributed by atoms with Gasteiger partial charge < -0.3 is 4.90 Å². The number of nitrogens with zero attached hydrogens (tertiary/aromatic N) is 1. The third-order valence-corrected chi connectivity index (χ3v) is 3.88. The van der Waals surface area contributed by atoms with Crippen molar-refractivity contribution in [1.29, 1.82) is 0 Å². The van der Waals surface area contributed by atoms with Crippen LogP contribution in [0.1, 0.15) is 27.7 Å². The molecular weight excluding hydrogens is 481 g/mol. The molecule has 0 N–H and O–H groups in total. The van der Waals surface area contributed by atoms with Crippen LogP contribution in [0.25, 0.3) is 0 Å². The van der Waals surface area contributed by atoms with Gasteiger partial charge in [0.05, 0.1) is 0 Å². The van der Waals surface area contributed by atoms with E-state index in [0.29, 0.717) is 6.20 Å². The summed E-state index contributed by atoms with van der Waals surface area (Å²) in [5, 5.41) is 0. The molecule has 0 aliphatic rings. The Kier molecular flexibility index (Phi) is 8.78. The van der Waals surface area contributed by atoms with Gasteiger partial charge in [-0.25, -0.2) is 0 Å². The Morgan fingerprint density at radius 2 is 1.00 bits per heavy atom. The summed E-state index contributed by atoms with van der Waals surface area (Å²) in [6.07, 6.45) is -7.38. The third kappa shape index (κ3) is 5.43. The number of ketones is 1. The molecule has 0 saturated carbocycles. The number of allylic oxidation sites excluding steroid dienone is 1. The fourth-order valence-electron chi connectivity index (χ4n) is 2.34. The first kappa shape index (κ1) is 30.3. The molecule has 2 nitrogen and oxygen atoms in total. The van der Waals surface area contributed by atoms with Crippen LogP contribution in [-0.2, 0) is 4.79 Å². The van der Waals surface area contributed by atoms with Crippen LogP contribution < -0.4 is 0 Å². The Labute approximate surface area is 174 Å². The molecule has 0 aromatic heterocycles. The van der Waals surface area contributed by atoms with Gasteiger partial charge in [-0.3, -0.25) is 4.79 Å². The van der Waals surface area contributed by atoms with Gasteiger partial charge in [0.15, 0.2) is 0 Å². The number of carbonyl (C=O) groups is 1. The predicted molar refractivity (Wildman–Crippen MR) is 86.2 cm³/mol. The van der Waals surface area contributed by atoms with Crippen LogP contribution >= 0.6 is 0 Å². The maximum atomic E-state index is 13.8. The second kappa shape index (κ2) is 9.27. The van der Waals surface area contributed by atoms with Crippen molar-refractivity contribution in [2.24, 2.45) is 11.8 Å². The van der Waals surface area contributed by atoms with Gasteiger partial charge in [0.1, 0.15) is 0 Å². The van der Waals surface area contributed by atoms with E-state index in [-0.39, 0.29) is 31.0 Å². The molecule has 0 aliphatic heterocycles. The van der Waals surface area contributed by atoms with Crippen LogP contribution in [-0.4, -0.2) is 59.6 Å². The average molecular weight is 501 g/mol. The van der Waals surface area contributed by atoms with Gasteiger partial charge in [-0.15, -0.1) is 0 Å². The van der Waals surface area contributed by atoms with Crippen LogP contribution in [0.5, 0.6) is 0 Å². The number of rotatable bonds is 11. The van der Waals surface area contributed by atoms with Crippen LogP contribution in [0, 0.1) is 11.8 Å². The number of carbonyl (C=O) groups excluding carboxylic acids is 1. The maximum Gasteiger partial charge on any atom is 0.460 e. The van der Waals surface area contributed by atoms with Crippen molar-refractivity contribution in [3.05, 3.63) is 12.3 Å². The highest BCUT2D eigenvalue weighted by Gasteiger charge is 2.91. The minimum absolute atomic E-state index is 0.0515. The summed E-state index contributed by atoms with van der Waals surface area (Å²) < 4.78 is 170. The molecule has 0 bridgehead atoms. The van der Waals surface area contributed by atoms with Crippen LogP contribution in [0.15, 0.2) is 12.3 Å². The normalized spacial score (nSPS) is 15.2. The van der Waals surface area contributed by atoms with E-state index in [9.17, 15) is 61.9 Å². The molecule has 0 radical (unpaired) electrons. The van der Waals surface area contributed by atoms with Gasteiger partial charge >= 0.3 is 35.8 Å². The Balaban J connectivity index is 6.19. The summed E-state index contributed by atoms with van der Waals surface area (Å²) in [6.45, 7) is 6.58. The molecule has 0 aliphatic carbocycles. The summed E-state index contributed by atoms with van der Waals surface area (Å²) >= 11 is 0. The predicted octanol–water partition coefficient (Wildman–Crippen LogP) is 6.42. The van der Waals surface area contributed by atoms with E-state index in [0.717, 1.165) is 4.90 Å². The smallest absolute Gasteiger partial charge is 0.377 e. The number of hydrogen-bond donors (Lipinski definition) is 0. The van der Waals surface area contributed by atoms with E-state index in [2.05, 4.69) is 0 Å². The largest absolute Gasteiger partial charge is 0.460 e. The van der Waals surface area contributed by atoms with Crippen molar-refractivity contribution in [1.82, 2.24) is 4.90 Å². The first-order valence-electron chi connectivity index (χ1n) is 8.80. The molecule has 0 saturated heterocycles. The minimum atomic E-state index is -8.03. The Bertz CT molecular complexity index is 670. The van der Waals surface area contributed by atoms with Crippen molar-refractivity contribution in [2.75, 3.05) is 13.1 Å². The van der Waals surface area contributed by atoms with Crippen molar-refractivity contribution in [3.8, 4) is 0 Å². The van der Waals surface area contributed by atoms with Gasteiger partial charge in [-0.2, -0.15) is 57.1 Å². The van der Waals surface area contributed by atoms with Crippen molar-refractivity contribution >= 4 is 5.78 Å². The minimum Gasteiger partial charge on any atom is -0.377 e. The van der Waals surface area contributed by atoms with Gasteiger partial charge in [0, 0.05) is 25.4 Å². The lowest BCUT2D eigenvalue weighted by Gasteiger charge is -2.39. The average Bonchev–Trinajstić information content (AvgIpc) is 2.56. The number of alkyl halides is 13. The highest BCUT2D eigenvalue weighted by atomic mass is 19.4. The summed E-state index contributed by atoms with van der Waals surface area (Å²) in [4.78, 5) is 12.6. The van der Waals surface area contributed by atoms with E-state index in [4.69, 9.17) is 0 Å². The molecule has 0 atom stereocenters. The molecule has 0 amide bonds. The van der Waals surface area contributed by atoms with Crippen LogP contribution in [0.3, 0.4) is 0 Å². The zero-order valence-electron chi connectivity index (χ0n) is 17.0. The monoisotopic (exact) mass is 501 g/mol. The lowest BCUT2D eigenvalue weighted by molar-refractivity contribution is -0.435. The van der Waals surface area contributed by atoms with E-state index >= 15 is 0 Å². The van der Waals surface area contributed by atoms with E-state index in [1.165, 1.54) is 0 Å². The van der Waals surface area contributed by atoms with Crippen LogP contribution in [0.2, 0.25) is 0 Å². The SMILES string of the molecule is CC(C)CN(/C=C/C(=O)C(F)(F)C(F)(F)C(F)(F)C(F)(F)C(F)(F)C(F)(F)F)CC(C)C. The highest BCUT2D eigenvalue weighted by Crippen LogP contribution is 2.60. The van der Waals surface area contributed by atoms with E-state index < -0.39 is 41.6 Å². The summed E-state index contributed by atoms with van der Waals surface area (Å²) in [7, 11) is 0. The number of halogens is 13. The molecule has 0 fully saturated rings. The van der Waals surface area contributed by atoms with E-state index in [1.54, 1.807) is 27.7 Å². The van der Waals surface area contributed by atoms with Gasteiger partial charge in [0.2, 0.25) is 5.78 Å². The summed E-state index contributed by atoms with van der Waals surface area (Å²) in [6, 6.07) is 0. The highest BCUT2D eigenvalue weighted by molar-refractivity contribution is 5.96. The van der Waals surface area contributed by atoms with Gasteiger partial charge in [-0.05, 0) is 11.8 Å². The quantitative estimate of drug-likeness (QED) is 0.241. The second-order valence-corrected chi connectivity index (χ2v) is 7.79.